The van der Waals surface area contributed by atoms with E-state index in [-0.39, 0.29) is 38.8 Å². The SMILES string of the molecule is COc1ccc(CC2c3cc(OC)c(OC)cc3CC[N+]2(C)CC[C-]=O)cc1OC.[Y]. The van der Waals surface area contributed by atoms with E-state index in [0.717, 1.165) is 47.5 Å². The van der Waals surface area contributed by atoms with E-state index in [1.807, 2.05) is 12.1 Å². The van der Waals surface area contributed by atoms with Crippen LogP contribution in [0.4, 0.5) is 0 Å². The molecule has 2 unspecified atom stereocenters. The van der Waals surface area contributed by atoms with Crippen LogP contribution in [0.15, 0.2) is 30.3 Å². The Labute approximate surface area is 210 Å². The fourth-order valence-electron chi connectivity index (χ4n) is 4.46. The van der Waals surface area contributed by atoms with E-state index >= 15 is 0 Å². The zero-order valence-corrected chi connectivity index (χ0v) is 21.9. The van der Waals surface area contributed by atoms with Gasteiger partial charge in [-0.2, -0.15) is 0 Å². The van der Waals surface area contributed by atoms with Crippen LogP contribution in [0.1, 0.15) is 29.2 Å². The number of hydrogen-bond donors (Lipinski definition) is 0. The van der Waals surface area contributed by atoms with Gasteiger partial charge in [0.2, 0.25) is 0 Å². The van der Waals surface area contributed by atoms with Gasteiger partial charge in [-0.15, -0.1) is 6.42 Å². The average Bonchev–Trinajstić information content (AvgIpc) is 2.78. The van der Waals surface area contributed by atoms with Gasteiger partial charge in [0.15, 0.2) is 23.0 Å². The molecule has 3 rings (SSSR count). The quantitative estimate of drug-likeness (QED) is 0.388. The second-order valence-electron chi connectivity index (χ2n) is 7.89. The number of rotatable bonds is 9. The molecule has 165 valence electrons. The largest absolute Gasteiger partial charge is 0.542 e. The van der Waals surface area contributed by atoms with Crippen molar-refractivity contribution in [1.82, 2.24) is 0 Å². The predicted molar refractivity (Wildman–Crippen MR) is 115 cm³/mol. The van der Waals surface area contributed by atoms with Gasteiger partial charge in [0.25, 0.3) is 0 Å². The molecule has 0 spiro atoms. The monoisotopic (exact) mass is 502 g/mol. The van der Waals surface area contributed by atoms with E-state index in [2.05, 4.69) is 31.5 Å². The number of carbonyl (C=O) groups excluding carboxylic acids is 1. The molecule has 6 nitrogen and oxygen atoms in total. The molecule has 31 heavy (non-hydrogen) atoms. The van der Waals surface area contributed by atoms with E-state index < -0.39 is 0 Å². The molecular weight excluding hydrogens is 471 g/mol. The van der Waals surface area contributed by atoms with E-state index in [9.17, 15) is 4.79 Å². The Morgan fingerprint density at radius 2 is 1.55 bits per heavy atom. The van der Waals surface area contributed by atoms with Crippen LogP contribution in [-0.4, -0.2) is 59.3 Å². The Morgan fingerprint density at radius 3 is 2.16 bits per heavy atom. The first-order chi connectivity index (χ1) is 14.5. The number of fused-ring (bicyclic) bond motifs is 1. The Balaban J connectivity index is 0.00000341. The van der Waals surface area contributed by atoms with Gasteiger partial charge in [-0.1, -0.05) is 6.07 Å². The van der Waals surface area contributed by atoms with Gasteiger partial charge in [0, 0.05) is 51.1 Å². The van der Waals surface area contributed by atoms with Crippen LogP contribution >= 0.6 is 0 Å². The minimum absolute atomic E-state index is 0. The molecule has 1 heterocycles. The van der Waals surface area contributed by atoms with Crippen LogP contribution in [0.25, 0.3) is 0 Å². The summed E-state index contributed by atoms with van der Waals surface area (Å²) >= 11 is 0. The maximum atomic E-state index is 11.0. The Kier molecular flexibility index (Phi) is 9.34. The molecule has 0 saturated heterocycles. The molecule has 0 aromatic heterocycles. The van der Waals surface area contributed by atoms with Crippen LogP contribution < -0.4 is 18.9 Å². The smallest absolute Gasteiger partial charge is 0.161 e. The third-order valence-corrected chi connectivity index (χ3v) is 6.25. The molecule has 2 aromatic rings. The molecule has 0 amide bonds. The normalized spacial score (nSPS) is 19.6. The third-order valence-electron chi connectivity index (χ3n) is 6.25. The molecule has 2 atom stereocenters. The van der Waals surface area contributed by atoms with Gasteiger partial charge in [0.1, 0.15) is 6.04 Å². The first kappa shape index (κ1) is 25.6. The third kappa shape index (κ3) is 5.41. The van der Waals surface area contributed by atoms with Gasteiger partial charge in [-0.3, -0.25) is 6.29 Å². The second-order valence-corrected chi connectivity index (χ2v) is 7.89. The van der Waals surface area contributed by atoms with E-state index in [4.69, 9.17) is 18.9 Å². The van der Waals surface area contributed by atoms with E-state index in [0.29, 0.717) is 17.9 Å². The molecular formula is C24H31NO5Y. The topological polar surface area (TPSA) is 54.0 Å². The van der Waals surface area contributed by atoms with Crippen molar-refractivity contribution < 1.29 is 60.9 Å². The van der Waals surface area contributed by atoms with Crippen molar-refractivity contribution >= 4 is 6.29 Å². The van der Waals surface area contributed by atoms with Gasteiger partial charge >= 0.3 is 0 Å². The van der Waals surface area contributed by atoms with Crippen molar-refractivity contribution in [3.05, 3.63) is 47.0 Å². The van der Waals surface area contributed by atoms with Gasteiger partial charge in [-0.05, 0) is 35.4 Å². The molecule has 7 heteroatoms. The Bertz CT molecular complexity index is 904. The number of ether oxygens (including phenoxy) is 4. The Morgan fingerprint density at radius 1 is 0.935 bits per heavy atom. The summed E-state index contributed by atoms with van der Waals surface area (Å²) in [4.78, 5) is 11.0. The molecule has 2 aromatic carbocycles. The molecule has 0 N–H and O–H groups in total. The molecule has 1 aliphatic heterocycles. The summed E-state index contributed by atoms with van der Waals surface area (Å²) in [6.07, 6.45) is 4.22. The zero-order chi connectivity index (χ0) is 21.7. The summed E-state index contributed by atoms with van der Waals surface area (Å²) in [7, 11) is 8.83. The van der Waals surface area contributed by atoms with Crippen LogP contribution in [0, 0.1) is 0 Å². The molecule has 0 aliphatic carbocycles. The number of likely N-dealkylation sites (N-methyl/N-ethyl adjacent to an activating group) is 1. The van der Waals surface area contributed by atoms with E-state index in [1.165, 1.54) is 11.1 Å². The van der Waals surface area contributed by atoms with Crippen molar-refractivity contribution in [3.8, 4) is 23.0 Å². The Hall–Kier alpha value is -1.63. The number of hydrogen-bond acceptors (Lipinski definition) is 5. The van der Waals surface area contributed by atoms with Crippen molar-refractivity contribution in [1.29, 1.82) is 0 Å². The first-order valence-corrected chi connectivity index (χ1v) is 10.1. The van der Waals surface area contributed by atoms with Crippen LogP contribution in [0.2, 0.25) is 0 Å². The second kappa shape index (κ2) is 11.3. The maximum absolute atomic E-state index is 11.0. The minimum atomic E-state index is 0. The number of quaternary nitrogens is 1. The minimum Gasteiger partial charge on any atom is -0.542 e. The van der Waals surface area contributed by atoms with Gasteiger partial charge in [-0.25, -0.2) is 0 Å². The van der Waals surface area contributed by atoms with Crippen molar-refractivity contribution in [2.24, 2.45) is 0 Å². The number of benzene rings is 2. The van der Waals surface area contributed by atoms with Crippen LogP contribution in [0.5, 0.6) is 23.0 Å². The average molecular weight is 502 g/mol. The zero-order valence-electron chi connectivity index (χ0n) is 19.1. The van der Waals surface area contributed by atoms with Crippen LogP contribution in [-0.2, 0) is 50.3 Å². The molecule has 0 saturated carbocycles. The number of nitrogens with zero attached hydrogens (tertiary/aromatic N) is 1. The summed E-state index contributed by atoms with van der Waals surface area (Å²) in [5, 5.41) is 0. The van der Waals surface area contributed by atoms with Crippen molar-refractivity contribution in [3.63, 3.8) is 0 Å². The predicted octanol–water partition coefficient (Wildman–Crippen LogP) is 3.50. The van der Waals surface area contributed by atoms with Gasteiger partial charge in [0.05, 0.1) is 48.6 Å². The number of methoxy groups -OCH3 is 4. The van der Waals surface area contributed by atoms with Crippen molar-refractivity contribution in [2.75, 3.05) is 48.6 Å². The molecule has 1 radical (unpaired) electrons. The first-order valence-electron chi connectivity index (χ1n) is 10.1. The van der Waals surface area contributed by atoms with Gasteiger partial charge < -0.3 is 28.2 Å². The molecule has 1 aliphatic rings. The summed E-state index contributed by atoms with van der Waals surface area (Å²) in [5.41, 5.74) is 3.66. The molecule has 0 fully saturated rings. The van der Waals surface area contributed by atoms with Crippen molar-refractivity contribution in [2.45, 2.75) is 25.3 Å². The standard InChI is InChI=1S/C24H31NO5.Y/c1-25(10-6-12-26)11-9-18-15-23(29-4)24(30-5)16-19(18)20(25)13-17-7-8-21(27-2)22(14-17)28-3;/h7-8,14-16,20H,6,9-11,13H2,1-5H3;. The summed E-state index contributed by atoms with van der Waals surface area (Å²) < 4.78 is 22.8. The maximum Gasteiger partial charge on any atom is 0.161 e. The van der Waals surface area contributed by atoms with E-state index in [1.54, 1.807) is 28.4 Å². The molecule has 0 bridgehead atoms. The fourth-order valence-corrected chi connectivity index (χ4v) is 4.46. The van der Waals surface area contributed by atoms with Crippen LogP contribution in [0.3, 0.4) is 0 Å². The summed E-state index contributed by atoms with van der Waals surface area (Å²) in [5.74, 6) is 2.90. The summed E-state index contributed by atoms with van der Waals surface area (Å²) in [6.45, 7) is 1.69. The summed E-state index contributed by atoms with van der Waals surface area (Å²) in [6, 6.07) is 10.4. The fraction of sp³-hybridized carbons (Fsp3) is 0.458.